The van der Waals surface area contributed by atoms with E-state index in [1.165, 1.54) is 10.8 Å². The number of carbonyl (C=O) groups is 1. The minimum Gasteiger partial charge on any atom is -0.461 e. The summed E-state index contributed by atoms with van der Waals surface area (Å²) in [6, 6.07) is 5.39. The van der Waals surface area contributed by atoms with Gasteiger partial charge < -0.3 is 24.9 Å². The van der Waals surface area contributed by atoms with E-state index in [4.69, 9.17) is 10.2 Å². The molecule has 0 unspecified atom stereocenters. The van der Waals surface area contributed by atoms with Gasteiger partial charge in [-0.05, 0) is 43.2 Å². The summed E-state index contributed by atoms with van der Waals surface area (Å²) in [6.45, 7) is 1.70. The van der Waals surface area contributed by atoms with Crippen LogP contribution in [0.3, 0.4) is 0 Å². The summed E-state index contributed by atoms with van der Waals surface area (Å²) < 4.78 is 59.8. The molecule has 39 heavy (non-hydrogen) atoms. The standard InChI is InChI=1S/C24H23F4N9O2/c25-15-13-14(24(26,27)28)5-6-16(15)34-8-10-35(11-9-34)20(38)17-3-1-7-36(17)22-31-21(29)37-23(32-22)30-19(33-37)18-4-2-12-39-18/h2,4-6,12-13,17H,1,3,7-11H2,(H2,29,30,31,32,33)/t17-/m0/s1. The zero-order valence-corrected chi connectivity index (χ0v) is 20.5. The van der Waals surface area contributed by atoms with Gasteiger partial charge in [0.25, 0.3) is 5.78 Å². The third kappa shape index (κ3) is 4.57. The van der Waals surface area contributed by atoms with Crippen molar-refractivity contribution in [3.8, 4) is 11.6 Å². The lowest BCUT2D eigenvalue weighted by Crippen LogP contribution is -2.54. The fourth-order valence-electron chi connectivity index (χ4n) is 5.01. The predicted molar refractivity (Wildman–Crippen MR) is 131 cm³/mol. The van der Waals surface area contributed by atoms with E-state index in [9.17, 15) is 22.4 Å². The molecule has 4 aromatic rings. The molecule has 5 heterocycles. The molecule has 0 spiro atoms. The van der Waals surface area contributed by atoms with Gasteiger partial charge in [-0.15, -0.1) is 5.10 Å². The summed E-state index contributed by atoms with van der Waals surface area (Å²) >= 11 is 0. The number of alkyl halides is 3. The lowest BCUT2D eigenvalue weighted by molar-refractivity contribution is -0.137. The number of nitrogens with two attached hydrogens (primary N) is 1. The molecule has 3 aromatic heterocycles. The Morgan fingerprint density at radius 1 is 1.05 bits per heavy atom. The van der Waals surface area contributed by atoms with Gasteiger partial charge in [0.1, 0.15) is 11.9 Å². The van der Waals surface area contributed by atoms with Crippen molar-refractivity contribution in [2.75, 3.05) is 48.3 Å². The molecule has 2 aliphatic heterocycles. The molecule has 0 bridgehead atoms. The van der Waals surface area contributed by atoms with Crippen molar-refractivity contribution in [2.45, 2.75) is 25.1 Å². The van der Waals surface area contributed by atoms with Crippen LogP contribution in [0.4, 0.5) is 35.1 Å². The van der Waals surface area contributed by atoms with Gasteiger partial charge in [-0.25, -0.2) is 4.39 Å². The maximum Gasteiger partial charge on any atom is 0.416 e. The van der Waals surface area contributed by atoms with Crippen molar-refractivity contribution in [3.63, 3.8) is 0 Å². The number of hydrogen-bond donors (Lipinski definition) is 1. The molecule has 15 heteroatoms. The van der Waals surface area contributed by atoms with Gasteiger partial charge in [-0.1, -0.05) is 0 Å². The number of piperazine rings is 1. The molecule has 2 N–H and O–H groups in total. The molecule has 0 aliphatic carbocycles. The quantitative estimate of drug-likeness (QED) is 0.386. The Morgan fingerprint density at radius 2 is 1.85 bits per heavy atom. The highest BCUT2D eigenvalue weighted by Gasteiger charge is 2.37. The summed E-state index contributed by atoms with van der Waals surface area (Å²) in [6.07, 6.45) is -1.79. The fraction of sp³-hybridized carbons (Fsp3) is 0.375. The van der Waals surface area contributed by atoms with Gasteiger partial charge in [0, 0.05) is 32.7 Å². The highest BCUT2D eigenvalue weighted by atomic mass is 19.4. The maximum atomic E-state index is 14.5. The van der Waals surface area contributed by atoms with Crippen LogP contribution >= 0.6 is 0 Å². The molecule has 1 amide bonds. The molecule has 204 valence electrons. The number of rotatable bonds is 4. The smallest absolute Gasteiger partial charge is 0.416 e. The Kier molecular flexibility index (Phi) is 5.99. The van der Waals surface area contributed by atoms with Crippen LogP contribution in [0.2, 0.25) is 0 Å². The van der Waals surface area contributed by atoms with Crippen LogP contribution in [-0.4, -0.2) is 74.1 Å². The minimum atomic E-state index is -4.62. The topological polar surface area (TPSA) is 122 Å². The van der Waals surface area contributed by atoms with Crippen LogP contribution in [0.1, 0.15) is 18.4 Å². The van der Waals surface area contributed by atoms with E-state index in [1.807, 2.05) is 0 Å². The van der Waals surface area contributed by atoms with Gasteiger partial charge >= 0.3 is 6.18 Å². The molecule has 0 saturated carbocycles. The van der Waals surface area contributed by atoms with Crippen molar-refractivity contribution >= 4 is 29.3 Å². The lowest BCUT2D eigenvalue weighted by atomic mass is 10.1. The Labute approximate surface area is 218 Å². The minimum absolute atomic E-state index is 0.0607. The van der Waals surface area contributed by atoms with Crippen LogP contribution < -0.4 is 15.5 Å². The third-order valence-corrected chi connectivity index (χ3v) is 6.96. The molecular formula is C24H23F4N9O2. The van der Waals surface area contributed by atoms with Crippen LogP contribution in [0.25, 0.3) is 17.4 Å². The zero-order valence-electron chi connectivity index (χ0n) is 20.5. The number of fused-ring (bicyclic) bond motifs is 1. The van der Waals surface area contributed by atoms with E-state index in [0.29, 0.717) is 43.7 Å². The molecular weight excluding hydrogens is 522 g/mol. The third-order valence-electron chi connectivity index (χ3n) is 6.96. The first-order chi connectivity index (χ1) is 18.7. The average Bonchev–Trinajstić information content (AvgIpc) is 3.68. The number of benzene rings is 1. The summed E-state index contributed by atoms with van der Waals surface area (Å²) in [7, 11) is 0. The van der Waals surface area contributed by atoms with Gasteiger partial charge in [0.05, 0.1) is 17.5 Å². The number of hydrogen-bond acceptors (Lipinski definition) is 9. The van der Waals surface area contributed by atoms with E-state index >= 15 is 0 Å². The first kappa shape index (κ1) is 24.9. The number of halogens is 4. The van der Waals surface area contributed by atoms with E-state index in [0.717, 1.165) is 18.6 Å². The molecule has 2 fully saturated rings. The van der Waals surface area contributed by atoms with E-state index < -0.39 is 23.6 Å². The van der Waals surface area contributed by atoms with Gasteiger partial charge in [-0.2, -0.15) is 32.6 Å². The van der Waals surface area contributed by atoms with Crippen molar-refractivity contribution in [2.24, 2.45) is 0 Å². The summed E-state index contributed by atoms with van der Waals surface area (Å²) in [5.41, 5.74) is 5.17. The van der Waals surface area contributed by atoms with Crippen LogP contribution in [0, 0.1) is 5.82 Å². The maximum absolute atomic E-state index is 14.5. The molecule has 11 nitrogen and oxygen atoms in total. The normalized spacial score (nSPS) is 18.4. The second kappa shape index (κ2) is 9.39. The van der Waals surface area contributed by atoms with E-state index in [1.54, 1.807) is 26.8 Å². The predicted octanol–water partition coefficient (Wildman–Crippen LogP) is 2.84. The highest BCUT2D eigenvalue weighted by molar-refractivity contribution is 5.85. The number of carbonyl (C=O) groups excluding carboxylic acids is 1. The zero-order chi connectivity index (χ0) is 27.3. The lowest BCUT2D eigenvalue weighted by Gasteiger charge is -2.38. The van der Waals surface area contributed by atoms with Crippen LogP contribution in [0.5, 0.6) is 0 Å². The number of nitrogen functional groups attached to an aromatic ring is 1. The molecule has 6 rings (SSSR count). The van der Waals surface area contributed by atoms with Crippen molar-refractivity contribution < 1.29 is 26.8 Å². The second-order valence-corrected chi connectivity index (χ2v) is 9.33. The van der Waals surface area contributed by atoms with E-state index in [2.05, 4.69) is 20.1 Å². The Balaban J connectivity index is 1.16. The molecule has 0 radical (unpaired) electrons. The summed E-state index contributed by atoms with van der Waals surface area (Å²) in [5.74, 6) is 0.222. The second-order valence-electron chi connectivity index (χ2n) is 9.33. The first-order valence-corrected chi connectivity index (χ1v) is 12.3. The molecule has 1 atom stereocenters. The van der Waals surface area contributed by atoms with Crippen molar-refractivity contribution in [1.82, 2.24) is 29.5 Å². The average molecular weight is 546 g/mol. The largest absolute Gasteiger partial charge is 0.461 e. The fourth-order valence-corrected chi connectivity index (χ4v) is 5.01. The Morgan fingerprint density at radius 3 is 2.54 bits per heavy atom. The van der Waals surface area contributed by atoms with Crippen molar-refractivity contribution in [1.29, 1.82) is 0 Å². The number of amides is 1. The number of aromatic nitrogens is 5. The van der Waals surface area contributed by atoms with Crippen LogP contribution in [-0.2, 0) is 11.0 Å². The Hall–Kier alpha value is -4.43. The van der Waals surface area contributed by atoms with E-state index in [-0.39, 0.29) is 42.4 Å². The Bertz CT molecular complexity index is 1510. The number of furan rings is 1. The van der Waals surface area contributed by atoms with Gasteiger partial charge in [0.15, 0.2) is 5.76 Å². The number of nitrogens with zero attached hydrogens (tertiary/aromatic N) is 8. The van der Waals surface area contributed by atoms with Gasteiger partial charge in [-0.3, -0.25) is 4.79 Å². The van der Waals surface area contributed by atoms with Crippen molar-refractivity contribution in [3.05, 3.63) is 48.0 Å². The van der Waals surface area contributed by atoms with Crippen LogP contribution in [0.15, 0.2) is 41.0 Å². The monoisotopic (exact) mass is 545 g/mol. The highest BCUT2D eigenvalue weighted by Crippen LogP contribution is 2.33. The first-order valence-electron chi connectivity index (χ1n) is 12.3. The molecule has 2 aliphatic rings. The summed E-state index contributed by atoms with van der Waals surface area (Å²) in [4.78, 5) is 31.8. The van der Waals surface area contributed by atoms with Gasteiger partial charge in [0.2, 0.25) is 23.6 Å². The summed E-state index contributed by atoms with van der Waals surface area (Å²) in [5, 5.41) is 4.29. The number of anilines is 3. The molecule has 1 aromatic carbocycles. The SMILES string of the molecule is Nc1nc(N2CCC[C@H]2C(=O)N2CCN(c3ccc(C(F)(F)F)cc3F)CC2)nc2nc(-c3ccco3)nn12. The molecule has 2 saturated heterocycles.